The smallest absolute Gasteiger partial charge is 0.261 e. The fourth-order valence-corrected chi connectivity index (χ4v) is 5.57. The van der Waals surface area contributed by atoms with Crippen molar-refractivity contribution in [3.05, 3.63) is 91.1 Å². The third-order valence-electron chi connectivity index (χ3n) is 5.97. The van der Waals surface area contributed by atoms with Gasteiger partial charge in [0.2, 0.25) is 5.43 Å². The molecule has 4 aromatic rings. The van der Waals surface area contributed by atoms with Gasteiger partial charge in [0.05, 0.1) is 14.2 Å². The van der Waals surface area contributed by atoms with Crippen molar-refractivity contribution in [1.29, 1.82) is 0 Å². The summed E-state index contributed by atoms with van der Waals surface area (Å²) in [7, 11) is -3.88. The first-order valence-corrected chi connectivity index (χ1v) is 13.6. The molecule has 0 saturated carbocycles. The molecule has 0 bridgehead atoms. The van der Waals surface area contributed by atoms with Crippen molar-refractivity contribution in [2.24, 2.45) is 5.92 Å². The molecule has 0 aliphatic heterocycles. The molecule has 0 atom stereocenters. The minimum Gasteiger partial charge on any atom is -0.353 e. The zero-order valence-electron chi connectivity index (χ0n) is 19.8. The van der Waals surface area contributed by atoms with Gasteiger partial charge in [-0.3, -0.25) is 14.3 Å². The lowest BCUT2D eigenvalue weighted by Gasteiger charge is -2.12. The number of fused-ring (bicyclic) bond motifs is 1. The lowest BCUT2D eigenvalue weighted by molar-refractivity contribution is 0.0939. The van der Waals surface area contributed by atoms with Crippen LogP contribution in [0.4, 0.5) is 5.69 Å². The van der Waals surface area contributed by atoms with E-state index in [0.717, 1.165) is 16.7 Å². The number of hydrogen-bond donors (Lipinski definition) is 2. The van der Waals surface area contributed by atoms with Gasteiger partial charge in [0, 0.05) is 28.1 Å². The van der Waals surface area contributed by atoms with Crippen molar-refractivity contribution < 1.29 is 13.2 Å². The van der Waals surface area contributed by atoms with Crippen LogP contribution in [-0.2, 0) is 10.0 Å². The zero-order chi connectivity index (χ0) is 25.5. The van der Waals surface area contributed by atoms with E-state index in [-0.39, 0.29) is 27.4 Å². The van der Waals surface area contributed by atoms with Gasteiger partial charge in [-0.15, -0.1) is 0 Å². The highest BCUT2D eigenvalue weighted by Gasteiger charge is 2.19. The van der Waals surface area contributed by atoms with Gasteiger partial charge in [0.25, 0.3) is 10.0 Å². The Kier molecular flexibility index (Phi) is 6.88. The van der Waals surface area contributed by atoms with Crippen LogP contribution in [0.5, 0.6) is 0 Å². The number of sulfonamides is 1. The quantitative estimate of drug-likeness (QED) is 0.208. The van der Waals surface area contributed by atoms with Crippen LogP contribution in [0, 0.1) is 23.3 Å². The van der Waals surface area contributed by atoms with E-state index in [0.29, 0.717) is 26.0 Å². The van der Waals surface area contributed by atoms with Crippen molar-refractivity contribution in [2.45, 2.75) is 32.6 Å². The number of halogens is 1. The number of carbonyl (C=O) groups is 1. The summed E-state index contributed by atoms with van der Waals surface area (Å²) in [6.07, 6.45) is 0. The maximum absolute atomic E-state index is 13.2. The summed E-state index contributed by atoms with van der Waals surface area (Å²) in [6.45, 7) is 7.58. The molecule has 0 saturated heterocycles. The molecule has 6 nitrogen and oxygen atoms in total. The van der Waals surface area contributed by atoms with E-state index < -0.39 is 10.0 Å². The standard InChI is InChI=1S/C27H25IN2O4S/c1-15(2)26(31)19-8-6-18(7-9-19)25-24(28)27(32)22-14-21(11-12-23(22)29-25)35(33,34)30-20-10-5-16(3)17(4)13-20/h5-15,30H,1-4H3,(H,29,32). The molecule has 0 radical (unpaired) electrons. The average Bonchev–Trinajstić information content (AvgIpc) is 2.83. The zero-order valence-corrected chi connectivity index (χ0v) is 22.7. The number of rotatable bonds is 6. The molecular formula is C27H25IN2O4S. The summed E-state index contributed by atoms with van der Waals surface area (Å²) in [5, 5.41) is 0.285. The van der Waals surface area contributed by atoms with E-state index in [2.05, 4.69) is 9.71 Å². The van der Waals surface area contributed by atoms with Crippen molar-refractivity contribution in [1.82, 2.24) is 4.98 Å². The number of aromatic amines is 1. The number of Topliss-reactive ketones (excluding diaryl/α,β-unsaturated/α-hetero) is 1. The highest BCUT2D eigenvalue weighted by molar-refractivity contribution is 14.1. The van der Waals surface area contributed by atoms with E-state index in [9.17, 15) is 18.0 Å². The SMILES string of the molecule is Cc1ccc(NS(=O)(=O)c2ccc3[nH]c(-c4ccc(C(=O)C(C)C)cc4)c(I)c(=O)c3c2)cc1C. The molecule has 0 aliphatic carbocycles. The monoisotopic (exact) mass is 600 g/mol. The number of ketones is 1. The van der Waals surface area contributed by atoms with E-state index >= 15 is 0 Å². The molecule has 2 N–H and O–H groups in total. The predicted molar refractivity (Wildman–Crippen MR) is 149 cm³/mol. The molecule has 1 heterocycles. The molecule has 3 aromatic carbocycles. The number of nitrogens with one attached hydrogen (secondary N) is 2. The number of aryl methyl sites for hydroxylation is 2. The van der Waals surface area contributed by atoms with Gasteiger partial charge in [0.15, 0.2) is 5.78 Å². The van der Waals surface area contributed by atoms with Gasteiger partial charge in [-0.05, 0) is 83.5 Å². The summed E-state index contributed by atoms with van der Waals surface area (Å²) in [5.41, 5.74) is 4.77. The second-order valence-corrected chi connectivity index (χ2v) is 11.6. The van der Waals surface area contributed by atoms with E-state index in [1.54, 1.807) is 42.5 Å². The molecular weight excluding hydrogens is 575 g/mol. The molecule has 0 fully saturated rings. The Morgan fingerprint density at radius 3 is 2.26 bits per heavy atom. The molecule has 0 unspecified atom stereocenters. The molecule has 0 amide bonds. The summed E-state index contributed by atoms with van der Waals surface area (Å²) >= 11 is 1.97. The number of carbonyl (C=O) groups excluding carboxylic acids is 1. The topological polar surface area (TPSA) is 96.1 Å². The first-order chi connectivity index (χ1) is 16.5. The average molecular weight is 600 g/mol. The summed E-state index contributed by atoms with van der Waals surface area (Å²) < 4.78 is 29.0. The fourth-order valence-electron chi connectivity index (χ4n) is 3.76. The van der Waals surface area contributed by atoms with E-state index in [1.807, 2.05) is 56.4 Å². The third kappa shape index (κ3) is 5.04. The molecule has 35 heavy (non-hydrogen) atoms. The van der Waals surface area contributed by atoms with E-state index in [1.165, 1.54) is 12.1 Å². The molecule has 8 heteroatoms. The summed E-state index contributed by atoms with van der Waals surface area (Å²) in [5.74, 6) is -0.0437. The summed E-state index contributed by atoms with van der Waals surface area (Å²) in [6, 6.07) is 16.9. The Morgan fingerprint density at radius 1 is 0.943 bits per heavy atom. The highest BCUT2D eigenvalue weighted by atomic mass is 127. The number of anilines is 1. The fraction of sp³-hybridized carbons (Fsp3) is 0.185. The first kappa shape index (κ1) is 25.1. The van der Waals surface area contributed by atoms with Crippen LogP contribution in [0.1, 0.15) is 35.3 Å². The van der Waals surface area contributed by atoms with Crippen LogP contribution >= 0.6 is 22.6 Å². The number of H-pyrrole nitrogens is 1. The van der Waals surface area contributed by atoms with Crippen molar-refractivity contribution in [2.75, 3.05) is 4.72 Å². The van der Waals surface area contributed by atoms with Crippen LogP contribution in [-0.4, -0.2) is 19.2 Å². The third-order valence-corrected chi connectivity index (χ3v) is 8.37. The molecule has 1 aromatic heterocycles. The lowest BCUT2D eigenvalue weighted by atomic mass is 9.99. The second-order valence-electron chi connectivity index (χ2n) is 8.85. The maximum atomic E-state index is 13.2. The number of aromatic nitrogens is 1. The van der Waals surface area contributed by atoms with Crippen LogP contribution in [0.15, 0.2) is 70.4 Å². The second kappa shape index (κ2) is 9.58. The maximum Gasteiger partial charge on any atom is 0.261 e. The Labute approximate surface area is 218 Å². The largest absolute Gasteiger partial charge is 0.353 e. The van der Waals surface area contributed by atoms with Gasteiger partial charge in [-0.2, -0.15) is 0 Å². The molecule has 4 rings (SSSR count). The first-order valence-electron chi connectivity index (χ1n) is 11.1. The van der Waals surface area contributed by atoms with Crippen LogP contribution < -0.4 is 10.2 Å². The molecule has 180 valence electrons. The van der Waals surface area contributed by atoms with Gasteiger partial charge in [-0.1, -0.05) is 44.2 Å². The van der Waals surface area contributed by atoms with Crippen molar-refractivity contribution >= 4 is 55.0 Å². The predicted octanol–water partition coefficient (Wildman–Crippen LogP) is 6.06. The van der Waals surface area contributed by atoms with Gasteiger partial charge in [-0.25, -0.2) is 8.42 Å². The number of hydrogen-bond acceptors (Lipinski definition) is 4. The molecule has 0 aliphatic rings. The van der Waals surface area contributed by atoms with Crippen LogP contribution in [0.2, 0.25) is 0 Å². The molecule has 0 spiro atoms. The van der Waals surface area contributed by atoms with E-state index in [4.69, 9.17) is 0 Å². The number of pyridine rings is 1. The van der Waals surface area contributed by atoms with Crippen LogP contribution in [0.25, 0.3) is 22.2 Å². The highest BCUT2D eigenvalue weighted by Crippen LogP contribution is 2.27. The normalized spacial score (nSPS) is 11.7. The number of benzene rings is 3. The Morgan fingerprint density at radius 2 is 1.63 bits per heavy atom. The van der Waals surface area contributed by atoms with Crippen molar-refractivity contribution in [3.8, 4) is 11.3 Å². The minimum atomic E-state index is -3.88. The van der Waals surface area contributed by atoms with Gasteiger partial charge in [0.1, 0.15) is 0 Å². The van der Waals surface area contributed by atoms with Crippen LogP contribution in [0.3, 0.4) is 0 Å². The van der Waals surface area contributed by atoms with Gasteiger partial charge >= 0.3 is 0 Å². The Bertz CT molecular complexity index is 1620. The lowest BCUT2D eigenvalue weighted by Crippen LogP contribution is -2.15. The van der Waals surface area contributed by atoms with Gasteiger partial charge < -0.3 is 4.98 Å². The minimum absolute atomic E-state index is 0.00817. The Hall–Kier alpha value is -2.98. The summed E-state index contributed by atoms with van der Waals surface area (Å²) in [4.78, 5) is 28.7. The van der Waals surface area contributed by atoms with Crippen molar-refractivity contribution in [3.63, 3.8) is 0 Å². The Balaban J connectivity index is 1.72.